The molecule has 4 aromatic rings. The van der Waals surface area contributed by atoms with Crippen molar-refractivity contribution >= 4 is 46.0 Å². The first-order valence-corrected chi connectivity index (χ1v) is 20.3. The van der Waals surface area contributed by atoms with Gasteiger partial charge in [-0.15, -0.1) is 28.5 Å². The zero-order valence-electron chi connectivity index (χ0n) is 16.9. The van der Waals surface area contributed by atoms with Crippen LogP contribution in [0.3, 0.4) is 0 Å². The normalized spacial score (nSPS) is 10.1. The number of aryl methyl sites for hydroxylation is 1. The molecule has 0 heterocycles. The van der Waals surface area contributed by atoms with Crippen LogP contribution < -0.4 is 0 Å². The average Bonchev–Trinajstić information content (AvgIpc) is 3.13. The Kier molecular flexibility index (Phi) is 8.72. The molecule has 4 aromatic carbocycles. The van der Waals surface area contributed by atoms with E-state index in [0.29, 0.717) is 0 Å². The molecule has 0 aromatic heterocycles. The number of fused-ring (bicyclic) bond motifs is 3. The molecule has 3 heteroatoms. The Hall–Kier alpha value is -0.497. The Balaban J connectivity index is 0.000000178. The van der Waals surface area contributed by atoms with Gasteiger partial charge in [0.15, 0.2) is 0 Å². The van der Waals surface area contributed by atoms with E-state index in [0.717, 1.165) is 0 Å². The maximum absolute atomic E-state index is 3.23. The number of halogens is 2. The molecule has 0 spiro atoms. The number of benzene rings is 2. The van der Waals surface area contributed by atoms with Gasteiger partial charge in [0.2, 0.25) is 0 Å². The predicted octanol–water partition coefficient (Wildman–Crippen LogP) is 8.66. The summed E-state index contributed by atoms with van der Waals surface area (Å²) in [5.74, 6) is 0. The molecule has 4 rings (SSSR count). The van der Waals surface area contributed by atoms with Crippen molar-refractivity contribution in [1.29, 1.82) is 0 Å². The molecule has 0 aliphatic carbocycles. The van der Waals surface area contributed by atoms with E-state index in [1.54, 1.807) is 0 Å². The summed E-state index contributed by atoms with van der Waals surface area (Å²) in [4.78, 5) is 0. The van der Waals surface area contributed by atoms with Gasteiger partial charge in [0.25, 0.3) is 0 Å². The van der Waals surface area contributed by atoms with E-state index < -0.39 is 0 Å². The van der Waals surface area contributed by atoms with E-state index in [1.807, 2.05) is 0 Å². The van der Waals surface area contributed by atoms with Gasteiger partial charge in [-0.25, -0.2) is 0 Å². The van der Waals surface area contributed by atoms with Crippen LogP contribution in [-0.4, -0.2) is 0 Å². The van der Waals surface area contributed by atoms with Crippen molar-refractivity contribution in [3.05, 3.63) is 81.9 Å². The number of rotatable bonds is 0. The Morgan fingerprint density at radius 2 is 1.33 bits per heavy atom. The van der Waals surface area contributed by atoms with Crippen LogP contribution in [-0.2, 0) is 18.5 Å². The molecule has 0 atom stereocenters. The molecule has 0 saturated heterocycles. The summed E-state index contributed by atoms with van der Waals surface area (Å²) >= 11 is 6.32. The number of hydrogen-bond acceptors (Lipinski definition) is 0. The van der Waals surface area contributed by atoms with Crippen LogP contribution in [0.25, 0.3) is 21.5 Å². The van der Waals surface area contributed by atoms with Gasteiger partial charge < -0.3 is 0 Å². The standard InChI is InChI=1S/C14H11.C10H15.2BrH.Zr/c1-10-8-12-7-6-11-4-2-3-5-13(11)14(12)9-10;1-6-7(2)9(4)10(5)8(6)3;;;/h2-9H,1H3;1-5H3;2*1H;/q2*-1;;;+4/p-2. The Labute approximate surface area is 186 Å². The molecule has 0 fully saturated rings. The topological polar surface area (TPSA) is 0 Å². The van der Waals surface area contributed by atoms with Crippen LogP contribution in [0.4, 0.5) is 0 Å². The molecule has 0 amide bonds. The van der Waals surface area contributed by atoms with Crippen molar-refractivity contribution in [2.75, 3.05) is 0 Å². The first kappa shape index (κ1) is 22.8. The first-order chi connectivity index (χ1) is 12.8. The van der Waals surface area contributed by atoms with Gasteiger partial charge in [0.05, 0.1) is 0 Å². The van der Waals surface area contributed by atoms with Crippen molar-refractivity contribution < 1.29 is 18.5 Å². The fourth-order valence-electron chi connectivity index (χ4n) is 3.52. The third kappa shape index (κ3) is 5.31. The van der Waals surface area contributed by atoms with Gasteiger partial charge >= 0.3 is 43.0 Å². The molecule has 0 N–H and O–H groups in total. The molecule has 140 valence electrons. The van der Waals surface area contributed by atoms with E-state index in [2.05, 4.69) is 115 Å². The summed E-state index contributed by atoms with van der Waals surface area (Å²) < 4.78 is 0. The monoisotopic (exact) mass is 562 g/mol. The molecule has 0 saturated carbocycles. The zero-order valence-corrected chi connectivity index (χ0v) is 22.5. The van der Waals surface area contributed by atoms with Crippen molar-refractivity contribution in [2.45, 2.75) is 41.5 Å². The van der Waals surface area contributed by atoms with Crippen molar-refractivity contribution in [1.82, 2.24) is 0 Å². The summed E-state index contributed by atoms with van der Waals surface area (Å²) in [6.07, 6.45) is 0. The SMILES string of the molecule is Cc1c(C)c(C)[c-](C)c1C.Cc1cc2ccc3ccccc3c2[cH-]1.[Br][Zr+2][Br]. The molecule has 0 nitrogen and oxygen atoms in total. The molecular weight excluding hydrogens is 539 g/mol. The van der Waals surface area contributed by atoms with E-state index in [4.69, 9.17) is 0 Å². The first-order valence-electron chi connectivity index (χ1n) is 9.02. The third-order valence-corrected chi connectivity index (χ3v) is 5.57. The van der Waals surface area contributed by atoms with Crippen LogP contribution in [0.1, 0.15) is 33.4 Å². The fourth-order valence-corrected chi connectivity index (χ4v) is 3.52. The minimum absolute atomic E-state index is 0.145. The summed E-state index contributed by atoms with van der Waals surface area (Å²) in [5.41, 5.74) is 8.68. The molecule has 27 heavy (non-hydrogen) atoms. The second-order valence-electron chi connectivity index (χ2n) is 7.02. The molecule has 0 unspecified atom stereocenters. The van der Waals surface area contributed by atoms with Gasteiger partial charge in [-0.05, 0) is 0 Å². The minimum atomic E-state index is -0.145. The van der Waals surface area contributed by atoms with Gasteiger partial charge in [0, 0.05) is 0 Å². The third-order valence-electron chi connectivity index (χ3n) is 5.57. The van der Waals surface area contributed by atoms with Gasteiger partial charge in [-0.3, -0.25) is 0 Å². The van der Waals surface area contributed by atoms with Gasteiger partial charge in [0.1, 0.15) is 0 Å². The van der Waals surface area contributed by atoms with Crippen molar-refractivity contribution in [3.8, 4) is 0 Å². The van der Waals surface area contributed by atoms with E-state index in [1.165, 1.54) is 54.9 Å². The van der Waals surface area contributed by atoms with Crippen LogP contribution in [0.15, 0.2) is 48.5 Å². The van der Waals surface area contributed by atoms with Gasteiger partial charge in [-0.2, -0.15) is 33.9 Å². The number of hydrogen-bond donors (Lipinski definition) is 0. The molecular formula is C24H26Br2Zr. The predicted molar refractivity (Wildman–Crippen MR) is 125 cm³/mol. The molecule has 0 radical (unpaired) electrons. The molecule has 0 bridgehead atoms. The summed E-state index contributed by atoms with van der Waals surface area (Å²) in [5, 5.41) is 5.41. The Bertz CT molecular complexity index is 957. The summed E-state index contributed by atoms with van der Waals surface area (Å²) in [6.45, 7) is 13.1. The second kappa shape index (κ2) is 10.3. The van der Waals surface area contributed by atoms with Crippen molar-refractivity contribution in [3.63, 3.8) is 0 Å². The Morgan fingerprint density at radius 1 is 0.815 bits per heavy atom. The fraction of sp³-hybridized carbons (Fsp3) is 0.250. The van der Waals surface area contributed by atoms with Gasteiger partial charge in [-0.1, -0.05) is 82.6 Å². The molecule has 0 aliphatic heterocycles. The van der Waals surface area contributed by atoms with Crippen LogP contribution in [0.5, 0.6) is 0 Å². The maximum atomic E-state index is 3.23. The molecule has 0 aliphatic rings. The summed E-state index contributed by atoms with van der Waals surface area (Å²) in [7, 11) is 0. The van der Waals surface area contributed by atoms with Crippen LogP contribution >= 0.6 is 24.4 Å². The average molecular weight is 566 g/mol. The van der Waals surface area contributed by atoms with Crippen LogP contribution in [0, 0.1) is 41.5 Å². The van der Waals surface area contributed by atoms with Crippen molar-refractivity contribution in [2.24, 2.45) is 0 Å². The quantitative estimate of drug-likeness (QED) is 0.187. The second-order valence-corrected chi connectivity index (χ2v) is 18.4. The Morgan fingerprint density at radius 3 is 1.85 bits per heavy atom. The van der Waals surface area contributed by atoms with E-state index >= 15 is 0 Å². The van der Waals surface area contributed by atoms with Crippen LogP contribution in [0.2, 0.25) is 0 Å². The van der Waals surface area contributed by atoms with E-state index in [9.17, 15) is 0 Å². The van der Waals surface area contributed by atoms with E-state index in [-0.39, 0.29) is 18.5 Å². The summed E-state index contributed by atoms with van der Waals surface area (Å²) in [6, 6.07) is 17.4. The zero-order chi connectivity index (χ0) is 20.1.